The Bertz CT molecular complexity index is 286. The first-order valence-electron chi connectivity index (χ1n) is 4.28. The molecule has 0 spiro atoms. The molecule has 0 bridgehead atoms. The largest absolute Gasteiger partial charge is 0.352 e. The monoisotopic (exact) mass is 176 g/mol. The van der Waals surface area contributed by atoms with E-state index in [1.165, 1.54) is 0 Å². The van der Waals surface area contributed by atoms with Crippen molar-refractivity contribution in [3.8, 4) is 0 Å². The van der Waals surface area contributed by atoms with Crippen molar-refractivity contribution < 1.29 is 9.47 Å². The van der Waals surface area contributed by atoms with Gasteiger partial charge in [0.05, 0.1) is 6.61 Å². The number of benzene rings is 1. The highest BCUT2D eigenvalue weighted by Crippen LogP contribution is 2.31. The van der Waals surface area contributed by atoms with Crippen LogP contribution in [0.2, 0.25) is 0 Å². The van der Waals surface area contributed by atoms with Crippen molar-refractivity contribution in [3.05, 3.63) is 48.6 Å². The summed E-state index contributed by atoms with van der Waals surface area (Å²) in [6.45, 7) is 4.69. The topological polar surface area (TPSA) is 18.5 Å². The van der Waals surface area contributed by atoms with Crippen LogP contribution in [0.4, 0.5) is 0 Å². The molecule has 1 saturated heterocycles. The molecule has 2 heteroatoms. The van der Waals surface area contributed by atoms with Gasteiger partial charge in [-0.2, -0.15) is 0 Å². The highest BCUT2D eigenvalue weighted by atomic mass is 16.7. The van der Waals surface area contributed by atoms with E-state index in [0.717, 1.165) is 5.56 Å². The van der Waals surface area contributed by atoms with Crippen LogP contribution in [0.5, 0.6) is 0 Å². The van der Waals surface area contributed by atoms with Crippen molar-refractivity contribution >= 4 is 0 Å². The second kappa shape index (κ2) is 3.32. The molecule has 1 atom stereocenters. The fraction of sp³-hybridized carbons (Fsp3) is 0.273. The molecular formula is C11H12O2. The maximum Gasteiger partial charge on any atom is 0.148 e. The first kappa shape index (κ1) is 8.48. The minimum Gasteiger partial charge on any atom is -0.352 e. The lowest BCUT2D eigenvalue weighted by atomic mass is 9.95. The van der Waals surface area contributed by atoms with Gasteiger partial charge in [0.15, 0.2) is 0 Å². The zero-order chi connectivity index (χ0) is 9.15. The van der Waals surface area contributed by atoms with Crippen molar-refractivity contribution in [1.29, 1.82) is 0 Å². The highest BCUT2D eigenvalue weighted by Gasteiger charge is 2.34. The van der Waals surface area contributed by atoms with Crippen LogP contribution >= 0.6 is 0 Å². The lowest BCUT2D eigenvalue weighted by Gasteiger charge is -2.22. The van der Waals surface area contributed by atoms with E-state index < -0.39 is 5.60 Å². The Morgan fingerprint density at radius 2 is 2.08 bits per heavy atom. The summed E-state index contributed by atoms with van der Waals surface area (Å²) in [4.78, 5) is 0. The third-order valence-corrected chi connectivity index (χ3v) is 2.31. The second-order valence-corrected chi connectivity index (χ2v) is 3.07. The van der Waals surface area contributed by atoms with Gasteiger partial charge in [0, 0.05) is 0 Å². The summed E-state index contributed by atoms with van der Waals surface area (Å²) < 4.78 is 10.7. The molecule has 1 aromatic rings. The quantitative estimate of drug-likeness (QED) is 0.642. The van der Waals surface area contributed by atoms with Gasteiger partial charge in [-0.1, -0.05) is 43.0 Å². The van der Waals surface area contributed by atoms with Gasteiger partial charge in [0.2, 0.25) is 0 Å². The Hall–Kier alpha value is -1.12. The number of rotatable bonds is 2. The first-order valence-corrected chi connectivity index (χ1v) is 4.28. The lowest BCUT2D eigenvalue weighted by molar-refractivity contribution is 0.0154. The van der Waals surface area contributed by atoms with Crippen LogP contribution in [-0.2, 0) is 15.1 Å². The van der Waals surface area contributed by atoms with Gasteiger partial charge in [-0.3, -0.25) is 0 Å². The van der Waals surface area contributed by atoms with E-state index in [1.54, 1.807) is 6.08 Å². The smallest absolute Gasteiger partial charge is 0.148 e. The molecule has 0 N–H and O–H groups in total. The van der Waals surface area contributed by atoms with Crippen molar-refractivity contribution in [3.63, 3.8) is 0 Å². The van der Waals surface area contributed by atoms with Crippen LogP contribution in [-0.4, -0.2) is 13.4 Å². The van der Waals surface area contributed by atoms with Crippen molar-refractivity contribution in [2.75, 3.05) is 13.4 Å². The van der Waals surface area contributed by atoms with Crippen LogP contribution in [0.1, 0.15) is 5.56 Å². The van der Waals surface area contributed by atoms with Crippen LogP contribution in [0, 0.1) is 0 Å². The van der Waals surface area contributed by atoms with Gasteiger partial charge in [-0.15, -0.1) is 0 Å². The Morgan fingerprint density at radius 3 is 2.62 bits per heavy atom. The minimum atomic E-state index is -0.429. The molecule has 13 heavy (non-hydrogen) atoms. The van der Waals surface area contributed by atoms with Crippen LogP contribution < -0.4 is 0 Å². The van der Waals surface area contributed by atoms with Gasteiger partial charge >= 0.3 is 0 Å². The summed E-state index contributed by atoms with van der Waals surface area (Å²) in [5.41, 5.74) is 0.670. The van der Waals surface area contributed by atoms with E-state index in [9.17, 15) is 0 Å². The summed E-state index contributed by atoms with van der Waals surface area (Å²) in [7, 11) is 0. The van der Waals surface area contributed by atoms with Gasteiger partial charge in [-0.05, 0) is 5.56 Å². The normalized spacial score (nSPS) is 27.4. The Labute approximate surface area is 77.8 Å². The van der Waals surface area contributed by atoms with Crippen LogP contribution in [0.3, 0.4) is 0 Å². The Morgan fingerprint density at radius 1 is 1.31 bits per heavy atom. The first-order chi connectivity index (χ1) is 6.37. The van der Waals surface area contributed by atoms with Crippen LogP contribution in [0.15, 0.2) is 43.0 Å². The predicted molar refractivity (Wildman–Crippen MR) is 50.2 cm³/mol. The fourth-order valence-corrected chi connectivity index (χ4v) is 1.50. The third-order valence-electron chi connectivity index (χ3n) is 2.31. The van der Waals surface area contributed by atoms with Gasteiger partial charge in [0.25, 0.3) is 0 Å². The fourth-order valence-electron chi connectivity index (χ4n) is 1.50. The molecule has 0 radical (unpaired) electrons. The van der Waals surface area contributed by atoms with E-state index >= 15 is 0 Å². The third kappa shape index (κ3) is 1.39. The van der Waals surface area contributed by atoms with Crippen LogP contribution in [0.25, 0.3) is 0 Å². The zero-order valence-electron chi connectivity index (χ0n) is 7.40. The standard InChI is InChI=1S/C11H12O2/c1-2-11(8-12-9-13-11)10-6-4-3-5-7-10/h2-7H,1,8-9H2/t11-/m1/s1. The van der Waals surface area contributed by atoms with Gasteiger partial charge < -0.3 is 9.47 Å². The SMILES string of the molecule is C=C[C@]1(c2ccccc2)COCO1. The van der Waals surface area contributed by atoms with Crippen molar-refractivity contribution in [2.45, 2.75) is 5.60 Å². The molecule has 0 amide bonds. The summed E-state index contributed by atoms with van der Waals surface area (Å²) >= 11 is 0. The summed E-state index contributed by atoms with van der Waals surface area (Å²) in [5.74, 6) is 0. The summed E-state index contributed by atoms with van der Waals surface area (Å²) in [5, 5.41) is 0. The van der Waals surface area contributed by atoms with E-state index in [4.69, 9.17) is 9.47 Å². The zero-order valence-corrected chi connectivity index (χ0v) is 7.40. The Balaban J connectivity index is 2.36. The maximum absolute atomic E-state index is 5.54. The van der Waals surface area contributed by atoms with Crippen molar-refractivity contribution in [1.82, 2.24) is 0 Å². The molecule has 2 nitrogen and oxygen atoms in total. The van der Waals surface area contributed by atoms with Gasteiger partial charge in [0.1, 0.15) is 12.4 Å². The minimum absolute atomic E-state index is 0.348. The van der Waals surface area contributed by atoms with E-state index in [-0.39, 0.29) is 0 Å². The molecule has 1 aliphatic heterocycles. The molecular weight excluding hydrogens is 164 g/mol. The molecule has 0 aromatic heterocycles. The molecule has 0 saturated carbocycles. The van der Waals surface area contributed by atoms with E-state index in [0.29, 0.717) is 13.4 Å². The molecule has 0 aliphatic carbocycles. The average molecular weight is 176 g/mol. The number of ether oxygens (including phenoxy) is 2. The van der Waals surface area contributed by atoms with E-state index in [1.807, 2.05) is 30.3 Å². The van der Waals surface area contributed by atoms with Gasteiger partial charge in [-0.25, -0.2) is 0 Å². The highest BCUT2D eigenvalue weighted by molar-refractivity contribution is 5.27. The molecule has 1 aromatic carbocycles. The molecule has 0 unspecified atom stereocenters. The average Bonchev–Trinajstić information content (AvgIpc) is 2.69. The maximum atomic E-state index is 5.54. The summed E-state index contributed by atoms with van der Waals surface area (Å²) in [6.07, 6.45) is 1.80. The molecule has 1 fully saturated rings. The number of hydrogen-bond donors (Lipinski definition) is 0. The number of hydrogen-bond acceptors (Lipinski definition) is 2. The molecule has 2 rings (SSSR count). The van der Waals surface area contributed by atoms with E-state index in [2.05, 4.69) is 6.58 Å². The molecule has 1 aliphatic rings. The predicted octanol–water partition coefficient (Wildman–Crippen LogP) is 2.07. The van der Waals surface area contributed by atoms with Crippen molar-refractivity contribution in [2.24, 2.45) is 0 Å². The molecule has 1 heterocycles. The Kier molecular flexibility index (Phi) is 2.17. The summed E-state index contributed by atoms with van der Waals surface area (Å²) in [6, 6.07) is 10.0. The lowest BCUT2D eigenvalue weighted by Crippen LogP contribution is -2.25. The second-order valence-electron chi connectivity index (χ2n) is 3.07. The molecule has 68 valence electrons.